The van der Waals surface area contributed by atoms with Crippen LogP contribution in [0.5, 0.6) is 0 Å². The number of nitrogens with zero attached hydrogens (tertiary/aromatic N) is 1. The number of aliphatic hydroxyl groups excluding tert-OH is 1. The lowest BCUT2D eigenvalue weighted by Gasteiger charge is -2.12. The first-order valence-electron chi connectivity index (χ1n) is 5.90. The Kier molecular flexibility index (Phi) is 3.98. The van der Waals surface area contributed by atoms with Crippen LogP contribution in [0.25, 0.3) is 0 Å². The first-order chi connectivity index (χ1) is 8.29. The summed E-state index contributed by atoms with van der Waals surface area (Å²) < 4.78 is 5.22. The summed E-state index contributed by atoms with van der Waals surface area (Å²) in [7, 11) is 0. The molecule has 1 atom stereocenters. The molecule has 1 aromatic rings. The van der Waals surface area contributed by atoms with Gasteiger partial charge in [-0.2, -0.15) is 0 Å². The number of carbonyl (C=O) groups excluding carboxylic acids is 1. The SMILES string of the molecule is O=C1OC(CCCO)CN1Cc1ccccc1. The molecule has 1 N–H and O–H groups in total. The number of hydrogen-bond donors (Lipinski definition) is 1. The molecule has 17 heavy (non-hydrogen) atoms. The van der Waals surface area contributed by atoms with Crippen LogP contribution in [0.15, 0.2) is 30.3 Å². The summed E-state index contributed by atoms with van der Waals surface area (Å²) in [6.45, 7) is 1.36. The van der Waals surface area contributed by atoms with Gasteiger partial charge >= 0.3 is 6.09 Å². The smallest absolute Gasteiger partial charge is 0.410 e. The van der Waals surface area contributed by atoms with Gasteiger partial charge in [0.15, 0.2) is 0 Å². The lowest BCUT2D eigenvalue weighted by Crippen LogP contribution is -2.24. The Balaban J connectivity index is 1.88. The van der Waals surface area contributed by atoms with Crippen molar-refractivity contribution in [3.63, 3.8) is 0 Å². The molecule has 0 spiro atoms. The highest BCUT2D eigenvalue weighted by atomic mass is 16.6. The first-order valence-corrected chi connectivity index (χ1v) is 5.90. The molecule has 1 heterocycles. The monoisotopic (exact) mass is 235 g/mol. The number of ether oxygens (including phenoxy) is 1. The molecule has 4 heteroatoms. The van der Waals surface area contributed by atoms with Gasteiger partial charge in [0.05, 0.1) is 6.54 Å². The van der Waals surface area contributed by atoms with E-state index in [0.717, 1.165) is 12.0 Å². The maximum atomic E-state index is 11.6. The van der Waals surface area contributed by atoms with Crippen molar-refractivity contribution in [2.45, 2.75) is 25.5 Å². The van der Waals surface area contributed by atoms with E-state index in [4.69, 9.17) is 9.84 Å². The van der Waals surface area contributed by atoms with Gasteiger partial charge in [0, 0.05) is 13.2 Å². The van der Waals surface area contributed by atoms with Crippen molar-refractivity contribution < 1.29 is 14.6 Å². The van der Waals surface area contributed by atoms with Crippen LogP contribution < -0.4 is 0 Å². The third-order valence-electron chi connectivity index (χ3n) is 2.85. The molecule has 1 fully saturated rings. The minimum Gasteiger partial charge on any atom is -0.444 e. The summed E-state index contributed by atoms with van der Waals surface area (Å²) in [5.74, 6) is 0. The van der Waals surface area contributed by atoms with Crippen LogP contribution in [0, 0.1) is 0 Å². The quantitative estimate of drug-likeness (QED) is 0.846. The summed E-state index contributed by atoms with van der Waals surface area (Å²) in [6, 6.07) is 9.86. The van der Waals surface area contributed by atoms with E-state index in [1.165, 1.54) is 0 Å². The zero-order valence-corrected chi connectivity index (χ0v) is 9.71. The van der Waals surface area contributed by atoms with Crippen LogP contribution in [0.1, 0.15) is 18.4 Å². The summed E-state index contributed by atoms with van der Waals surface area (Å²) in [6.07, 6.45) is 1.08. The van der Waals surface area contributed by atoms with Crippen molar-refractivity contribution in [2.24, 2.45) is 0 Å². The lowest BCUT2D eigenvalue weighted by molar-refractivity contribution is 0.123. The molecule has 92 valence electrons. The fraction of sp³-hybridized carbons (Fsp3) is 0.462. The van der Waals surface area contributed by atoms with Gasteiger partial charge in [0.1, 0.15) is 6.10 Å². The van der Waals surface area contributed by atoms with Crippen LogP contribution in [0.2, 0.25) is 0 Å². The van der Waals surface area contributed by atoms with Crippen LogP contribution in [-0.4, -0.2) is 35.4 Å². The Bertz CT molecular complexity index is 366. The van der Waals surface area contributed by atoms with Crippen LogP contribution in [0.3, 0.4) is 0 Å². The average molecular weight is 235 g/mol. The van der Waals surface area contributed by atoms with Gasteiger partial charge in [-0.1, -0.05) is 30.3 Å². The third-order valence-corrected chi connectivity index (χ3v) is 2.85. The Hall–Kier alpha value is -1.55. The zero-order valence-electron chi connectivity index (χ0n) is 9.71. The lowest BCUT2D eigenvalue weighted by atomic mass is 10.2. The number of carbonyl (C=O) groups is 1. The van der Waals surface area contributed by atoms with Crippen molar-refractivity contribution >= 4 is 6.09 Å². The number of cyclic esters (lactones) is 1. The molecule has 1 saturated heterocycles. The number of rotatable bonds is 5. The van der Waals surface area contributed by atoms with E-state index in [9.17, 15) is 4.79 Å². The van der Waals surface area contributed by atoms with E-state index in [0.29, 0.717) is 19.5 Å². The molecule has 1 aliphatic heterocycles. The predicted molar refractivity (Wildman–Crippen MR) is 63.4 cm³/mol. The molecule has 0 saturated carbocycles. The minimum absolute atomic E-state index is 0.0710. The molecule has 4 nitrogen and oxygen atoms in total. The third kappa shape index (κ3) is 3.20. The molecule has 0 radical (unpaired) electrons. The molecule has 1 aromatic carbocycles. The normalized spacial score (nSPS) is 19.5. The van der Waals surface area contributed by atoms with E-state index in [1.807, 2.05) is 30.3 Å². The van der Waals surface area contributed by atoms with Crippen LogP contribution >= 0.6 is 0 Å². The van der Waals surface area contributed by atoms with E-state index >= 15 is 0 Å². The first kappa shape index (κ1) is 11.9. The summed E-state index contributed by atoms with van der Waals surface area (Å²) >= 11 is 0. The van der Waals surface area contributed by atoms with Gasteiger partial charge < -0.3 is 14.7 Å². The van der Waals surface area contributed by atoms with Crippen LogP contribution in [-0.2, 0) is 11.3 Å². The fourth-order valence-corrected chi connectivity index (χ4v) is 1.98. The number of hydrogen-bond acceptors (Lipinski definition) is 3. The van der Waals surface area contributed by atoms with Crippen molar-refractivity contribution in [1.29, 1.82) is 0 Å². The molecule has 2 rings (SSSR count). The molecule has 1 aliphatic rings. The Morgan fingerprint density at radius 1 is 1.35 bits per heavy atom. The molecule has 0 bridgehead atoms. The van der Waals surface area contributed by atoms with Gasteiger partial charge in [-0.3, -0.25) is 0 Å². The number of amides is 1. The van der Waals surface area contributed by atoms with Gasteiger partial charge in [-0.25, -0.2) is 4.79 Å². The Morgan fingerprint density at radius 2 is 2.12 bits per heavy atom. The second kappa shape index (κ2) is 5.68. The highest BCUT2D eigenvalue weighted by Crippen LogP contribution is 2.17. The standard InChI is InChI=1S/C13H17NO3/c15-8-4-7-12-10-14(13(16)17-12)9-11-5-2-1-3-6-11/h1-3,5-6,12,15H,4,7-10H2. The highest BCUT2D eigenvalue weighted by molar-refractivity contribution is 5.69. The van der Waals surface area contributed by atoms with Gasteiger partial charge in [-0.05, 0) is 18.4 Å². The molecular weight excluding hydrogens is 218 g/mol. The molecule has 0 aliphatic carbocycles. The van der Waals surface area contributed by atoms with Gasteiger partial charge in [0.2, 0.25) is 0 Å². The van der Waals surface area contributed by atoms with Crippen molar-refractivity contribution in [2.75, 3.05) is 13.2 Å². The molecule has 1 amide bonds. The highest BCUT2D eigenvalue weighted by Gasteiger charge is 2.30. The van der Waals surface area contributed by atoms with E-state index in [2.05, 4.69) is 0 Å². The Labute approximate surface area is 101 Å². The predicted octanol–water partition coefficient (Wildman–Crippen LogP) is 1.78. The van der Waals surface area contributed by atoms with Crippen molar-refractivity contribution in [3.05, 3.63) is 35.9 Å². The van der Waals surface area contributed by atoms with E-state index < -0.39 is 0 Å². The number of aliphatic hydroxyl groups is 1. The minimum atomic E-state index is -0.253. The Morgan fingerprint density at radius 3 is 2.82 bits per heavy atom. The average Bonchev–Trinajstić information content (AvgIpc) is 2.69. The maximum Gasteiger partial charge on any atom is 0.410 e. The van der Waals surface area contributed by atoms with Crippen molar-refractivity contribution in [1.82, 2.24) is 4.90 Å². The van der Waals surface area contributed by atoms with E-state index in [-0.39, 0.29) is 18.8 Å². The molecule has 1 unspecified atom stereocenters. The summed E-state index contributed by atoms with van der Waals surface area (Å²) in [4.78, 5) is 13.3. The number of benzene rings is 1. The second-order valence-corrected chi connectivity index (χ2v) is 4.24. The topological polar surface area (TPSA) is 49.8 Å². The van der Waals surface area contributed by atoms with E-state index in [1.54, 1.807) is 4.90 Å². The largest absolute Gasteiger partial charge is 0.444 e. The molecular formula is C13H17NO3. The zero-order chi connectivity index (χ0) is 12.1. The fourth-order valence-electron chi connectivity index (χ4n) is 1.98. The van der Waals surface area contributed by atoms with Gasteiger partial charge in [-0.15, -0.1) is 0 Å². The molecule has 0 aromatic heterocycles. The second-order valence-electron chi connectivity index (χ2n) is 4.24. The van der Waals surface area contributed by atoms with Crippen LogP contribution in [0.4, 0.5) is 4.79 Å². The summed E-state index contributed by atoms with van der Waals surface area (Å²) in [5, 5.41) is 8.74. The maximum absolute atomic E-state index is 11.6. The van der Waals surface area contributed by atoms with Crippen molar-refractivity contribution in [3.8, 4) is 0 Å². The summed E-state index contributed by atoms with van der Waals surface area (Å²) in [5.41, 5.74) is 1.10. The van der Waals surface area contributed by atoms with Gasteiger partial charge in [0.25, 0.3) is 0 Å².